The van der Waals surface area contributed by atoms with Gasteiger partial charge in [-0.15, -0.1) is 0 Å². The molecule has 2 fully saturated rings. The summed E-state index contributed by atoms with van der Waals surface area (Å²) < 4.78 is 16.8. The third-order valence-corrected chi connectivity index (χ3v) is 7.35. The lowest BCUT2D eigenvalue weighted by molar-refractivity contribution is 0.0736. The van der Waals surface area contributed by atoms with Crippen LogP contribution in [-0.2, 0) is 0 Å². The second-order valence-electron chi connectivity index (χ2n) is 8.33. The zero-order valence-electron chi connectivity index (χ0n) is 16.4. The standard InChI is InChI=1S/C20H28BrNO4/c1-19(2)11-7-8-20(3,10-11)18(19)22-17(23)12-9-13(24-4)15(25-5)16(26-6)14(12)21/h9,11,18H,7-8,10H2,1-6H3,(H,22,23). The molecule has 0 heterocycles. The number of fused-ring (bicyclic) bond motifs is 2. The highest BCUT2D eigenvalue weighted by Gasteiger charge is 2.59. The minimum absolute atomic E-state index is 0.0930. The van der Waals surface area contributed by atoms with E-state index in [4.69, 9.17) is 14.2 Å². The fourth-order valence-corrected chi connectivity index (χ4v) is 5.79. The van der Waals surface area contributed by atoms with Crippen molar-refractivity contribution in [3.63, 3.8) is 0 Å². The molecule has 1 N–H and O–H groups in total. The SMILES string of the molecule is COc1cc(C(=O)NC2C3(C)CCC(C3)C2(C)C)c(Br)c(OC)c1OC. The molecule has 1 aromatic carbocycles. The number of amides is 1. The molecule has 0 spiro atoms. The molecule has 2 aliphatic rings. The van der Waals surface area contributed by atoms with E-state index in [-0.39, 0.29) is 22.8 Å². The first-order chi connectivity index (χ1) is 12.2. The number of carbonyl (C=O) groups is 1. The average Bonchev–Trinajstić information content (AvgIpc) is 3.08. The highest BCUT2D eigenvalue weighted by molar-refractivity contribution is 9.10. The van der Waals surface area contributed by atoms with Crippen LogP contribution in [0.15, 0.2) is 10.5 Å². The molecule has 0 saturated heterocycles. The topological polar surface area (TPSA) is 56.8 Å². The Morgan fingerprint density at radius 3 is 2.31 bits per heavy atom. The first-order valence-electron chi connectivity index (χ1n) is 8.99. The van der Waals surface area contributed by atoms with Crippen molar-refractivity contribution < 1.29 is 19.0 Å². The van der Waals surface area contributed by atoms with Crippen molar-refractivity contribution in [3.05, 3.63) is 16.1 Å². The maximum Gasteiger partial charge on any atom is 0.252 e. The van der Waals surface area contributed by atoms with E-state index in [9.17, 15) is 4.79 Å². The molecule has 2 bridgehead atoms. The van der Waals surface area contributed by atoms with E-state index in [1.807, 2.05) is 0 Å². The van der Waals surface area contributed by atoms with Crippen LogP contribution in [0.4, 0.5) is 0 Å². The summed E-state index contributed by atoms with van der Waals surface area (Å²) in [5.74, 6) is 1.93. The number of hydrogen-bond acceptors (Lipinski definition) is 4. The summed E-state index contributed by atoms with van der Waals surface area (Å²) in [5.41, 5.74) is 0.744. The fraction of sp³-hybridized carbons (Fsp3) is 0.650. The highest BCUT2D eigenvalue weighted by atomic mass is 79.9. The van der Waals surface area contributed by atoms with Gasteiger partial charge in [0.2, 0.25) is 5.75 Å². The van der Waals surface area contributed by atoms with Crippen LogP contribution in [0.3, 0.4) is 0 Å². The Hall–Kier alpha value is -1.43. The zero-order valence-corrected chi connectivity index (χ0v) is 18.0. The summed E-state index contributed by atoms with van der Waals surface area (Å²) in [6, 6.07) is 1.84. The van der Waals surface area contributed by atoms with Crippen molar-refractivity contribution in [2.24, 2.45) is 16.7 Å². The normalized spacial score (nSPS) is 28.7. The summed E-state index contributed by atoms with van der Waals surface area (Å²) in [6.07, 6.45) is 3.60. The second kappa shape index (κ2) is 6.63. The van der Waals surface area contributed by atoms with Crippen LogP contribution >= 0.6 is 15.9 Å². The number of methoxy groups -OCH3 is 3. The lowest BCUT2D eigenvalue weighted by Crippen LogP contribution is -2.52. The number of benzene rings is 1. The van der Waals surface area contributed by atoms with Crippen molar-refractivity contribution in [2.45, 2.75) is 46.1 Å². The molecule has 2 saturated carbocycles. The Morgan fingerprint density at radius 1 is 1.15 bits per heavy atom. The maximum atomic E-state index is 13.2. The molecule has 3 rings (SSSR count). The van der Waals surface area contributed by atoms with E-state index >= 15 is 0 Å². The van der Waals surface area contributed by atoms with Crippen LogP contribution in [-0.4, -0.2) is 33.3 Å². The van der Waals surface area contributed by atoms with Crippen molar-refractivity contribution in [3.8, 4) is 17.2 Å². The van der Waals surface area contributed by atoms with E-state index in [1.54, 1.807) is 27.4 Å². The van der Waals surface area contributed by atoms with Crippen LogP contribution in [0.5, 0.6) is 17.2 Å². The van der Waals surface area contributed by atoms with Gasteiger partial charge in [-0.3, -0.25) is 4.79 Å². The van der Waals surface area contributed by atoms with Gasteiger partial charge in [0.15, 0.2) is 11.5 Å². The van der Waals surface area contributed by atoms with Crippen molar-refractivity contribution >= 4 is 21.8 Å². The molecule has 0 aromatic heterocycles. The predicted octanol–water partition coefficient (Wildman–Crippen LogP) is 4.42. The minimum Gasteiger partial charge on any atom is -0.493 e. The minimum atomic E-state index is -0.122. The van der Waals surface area contributed by atoms with E-state index in [2.05, 4.69) is 42.0 Å². The number of rotatable bonds is 5. The van der Waals surface area contributed by atoms with Gasteiger partial charge in [-0.1, -0.05) is 20.8 Å². The van der Waals surface area contributed by atoms with Gasteiger partial charge in [0, 0.05) is 6.04 Å². The predicted molar refractivity (Wildman–Crippen MR) is 104 cm³/mol. The van der Waals surface area contributed by atoms with Crippen LogP contribution in [0.1, 0.15) is 50.4 Å². The van der Waals surface area contributed by atoms with E-state index in [0.29, 0.717) is 33.2 Å². The first-order valence-corrected chi connectivity index (χ1v) is 9.78. The van der Waals surface area contributed by atoms with Gasteiger partial charge in [-0.05, 0) is 58.0 Å². The molecule has 1 amide bonds. The molecule has 0 radical (unpaired) electrons. The van der Waals surface area contributed by atoms with Crippen molar-refractivity contribution in [1.82, 2.24) is 5.32 Å². The number of hydrogen-bond donors (Lipinski definition) is 1. The fourth-order valence-electron chi connectivity index (χ4n) is 5.16. The monoisotopic (exact) mass is 425 g/mol. The van der Waals surface area contributed by atoms with E-state index < -0.39 is 0 Å². The Bertz CT molecular complexity index is 728. The molecule has 144 valence electrons. The lowest BCUT2D eigenvalue weighted by atomic mass is 9.68. The third-order valence-electron chi connectivity index (χ3n) is 6.56. The summed E-state index contributed by atoms with van der Waals surface area (Å²) in [4.78, 5) is 13.2. The Balaban J connectivity index is 1.96. The number of halogens is 1. The average molecular weight is 426 g/mol. The molecule has 26 heavy (non-hydrogen) atoms. The van der Waals surface area contributed by atoms with Gasteiger partial charge in [-0.2, -0.15) is 0 Å². The molecule has 6 heteroatoms. The Labute approximate surface area is 163 Å². The molecule has 1 aromatic rings. The van der Waals surface area contributed by atoms with Crippen molar-refractivity contribution in [2.75, 3.05) is 21.3 Å². The zero-order chi connectivity index (χ0) is 19.3. The van der Waals surface area contributed by atoms with E-state index in [0.717, 1.165) is 0 Å². The molecular formula is C20H28BrNO4. The maximum absolute atomic E-state index is 13.2. The van der Waals surface area contributed by atoms with Gasteiger partial charge in [0.05, 0.1) is 31.4 Å². The second-order valence-corrected chi connectivity index (χ2v) is 9.12. The Morgan fingerprint density at radius 2 is 1.81 bits per heavy atom. The van der Waals surface area contributed by atoms with Crippen LogP contribution in [0.25, 0.3) is 0 Å². The van der Waals surface area contributed by atoms with Crippen LogP contribution in [0, 0.1) is 16.7 Å². The smallest absolute Gasteiger partial charge is 0.252 e. The van der Waals surface area contributed by atoms with Crippen molar-refractivity contribution in [1.29, 1.82) is 0 Å². The molecule has 2 aliphatic carbocycles. The lowest BCUT2D eigenvalue weighted by Gasteiger charge is -2.43. The summed E-state index contributed by atoms with van der Waals surface area (Å²) in [7, 11) is 4.64. The van der Waals surface area contributed by atoms with Crippen LogP contribution in [0.2, 0.25) is 0 Å². The quantitative estimate of drug-likeness (QED) is 0.758. The van der Waals surface area contributed by atoms with Gasteiger partial charge in [0.25, 0.3) is 5.91 Å². The highest BCUT2D eigenvalue weighted by Crippen LogP contribution is 2.62. The summed E-state index contributed by atoms with van der Waals surface area (Å²) in [6.45, 7) is 6.85. The van der Waals surface area contributed by atoms with E-state index in [1.165, 1.54) is 19.3 Å². The van der Waals surface area contributed by atoms with Gasteiger partial charge in [0.1, 0.15) is 0 Å². The summed E-state index contributed by atoms with van der Waals surface area (Å²) in [5, 5.41) is 3.32. The number of carbonyl (C=O) groups excluding carboxylic acids is 1. The molecular weight excluding hydrogens is 398 g/mol. The molecule has 0 aliphatic heterocycles. The third kappa shape index (κ3) is 2.77. The molecule has 3 atom stereocenters. The molecule has 5 nitrogen and oxygen atoms in total. The number of nitrogens with one attached hydrogen (secondary N) is 1. The van der Waals surface area contributed by atoms with Gasteiger partial charge in [-0.25, -0.2) is 0 Å². The van der Waals surface area contributed by atoms with Gasteiger partial charge >= 0.3 is 0 Å². The molecule has 3 unspecified atom stereocenters. The van der Waals surface area contributed by atoms with Crippen LogP contribution < -0.4 is 19.5 Å². The van der Waals surface area contributed by atoms with Gasteiger partial charge < -0.3 is 19.5 Å². The summed E-state index contributed by atoms with van der Waals surface area (Å²) >= 11 is 3.51. The largest absolute Gasteiger partial charge is 0.493 e. The Kier molecular flexibility index (Phi) is 4.93. The first kappa shape index (κ1) is 19.3. The number of ether oxygens (including phenoxy) is 3.